The van der Waals surface area contributed by atoms with E-state index in [1.807, 2.05) is 60.8 Å². The lowest BCUT2D eigenvalue weighted by molar-refractivity contribution is -0.167. The first kappa shape index (κ1) is 62.1. The van der Waals surface area contributed by atoms with Crippen LogP contribution in [0.1, 0.15) is 233 Å². The van der Waals surface area contributed by atoms with Crippen molar-refractivity contribution in [2.24, 2.45) is 0 Å². The van der Waals surface area contributed by atoms with Crippen molar-refractivity contribution in [2.45, 2.75) is 239 Å². The van der Waals surface area contributed by atoms with E-state index in [0.717, 1.165) is 89.9 Å². The van der Waals surface area contributed by atoms with Crippen LogP contribution in [0.5, 0.6) is 0 Å². The molecule has 66 heavy (non-hydrogen) atoms. The van der Waals surface area contributed by atoms with Crippen LogP contribution in [0.4, 0.5) is 0 Å². The lowest BCUT2D eigenvalue weighted by atomic mass is 10.1. The van der Waals surface area contributed by atoms with Crippen LogP contribution in [0.3, 0.4) is 0 Å². The average molecular weight is 915 g/mol. The molecular weight excluding hydrogens is 817 g/mol. The summed E-state index contributed by atoms with van der Waals surface area (Å²) < 4.78 is 16.8. The van der Waals surface area contributed by atoms with Crippen molar-refractivity contribution in [2.75, 3.05) is 13.2 Å². The van der Waals surface area contributed by atoms with Gasteiger partial charge in [-0.25, -0.2) is 0 Å². The SMILES string of the molecule is CC\C=C/C=C\C=C/C=C\C=C\C=C/CCCCCC(=O)OCC(COC(=O)CCCCCCCCC/C=C\C/C=C\CC)OC(=O)CCCCCCCCC/C=C\CCCCCCCC. The molecule has 0 N–H and O–H groups in total. The van der Waals surface area contributed by atoms with Crippen molar-refractivity contribution in [3.63, 3.8) is 0 Å². The smallest absolute Gasteiger partial charge is 0.306 e. The van der Waals surface area contributed by atoms with Gasteiger partial charge in [-0.3, -0.25) is 14.4 Å². The van der Waals surface area contributed by atoms with Crippen LogP contribution in [0, 0.1) is 0 Å². The van der Waals surface area contributed by atoms with Crippen molar-refractivity contribution in [1.82, 2.24) is 0 Å². The number of unbranched alkanes of at least 4 members (excludes halogenated alkanes) is 23. The molecule has 0 spiro atoms. The molecule has 1 unspecified atom stereocenters. The minimum absolute atomic E-state index is 0.100. The first-order chi connectivity index (χ1) is 32.5. The molecule has 0 amide bonds. The summed E-state index contributed by atoms with van der Waals surface area (Å²) in [6, 6.07) is 0. The number of carbonyl (C=O) groups is 3. The first-order valence-electron chi connectivity index (χ1n) is 27.0. The van der Waals surface area contributed by atoms with Crippen LogP contribution < -0.4 is 0 Å². The Morgan fingerprint density at radius 3 is 1.12 bits per heavy atom. The molecule has 374 valence electrons. The summed E-state index contributed by atoms with van der Waals surface area (Å²) >= 11 is 0. The molecule has 0 aromatic rings. The summed E-state index contributed by atoms with van der Waals surface area (Å²) in [5.74, 6) is -0.959. The number of esters is 3. The second-order valence-electron chi connectivity index (χ2n) is 17.5. The van der Waals surface area contributed by atoms with E-state index in [1.54, 1.807) is 0 Å². The summed E-state index contributed by atoms with van der Waals surface area (Å²) in [4.78, 5) is 38.1. The number of hydrogen-bond acceptors (Lipinski definition) is 6. The van der Waals surface area contributed by atoms with Gasteiger partial charge in [-0.1, -0.05) is 233 Å². The molecule has 0 bridgehead atoms. The average Bonchev–Trinajstić information content (AvgIpc) is 3.31. The molecule has 0 rings (SSSR count). The highest BCUT2D eigenvalue weighted by Crippen LogP contribution is 2.14. The molecule has 0 saturated heterocycles. The third kappa shape index (κ3) is 51.1. The van der Waals surface area contributed by atoms with Gasteiger partial charge in [0, 0.05) is 19.3 Å². The first-order valence-corrected chi connectivity index (χ1v) is 27.0. The van der Waals surface area contributed by atoms with E-state index < -0.39 is 6.10 Å². The van der Waals surface area contributed by atoms with Crippen molar-refractivity contribution < 1.29 is 28.6 Å². The van der Waals surface area contributed by atoms with Gasteiger partial charge in [-0.15, -0.1) is 0 Å². The van der Waals surface area contributed by atoms with Crippen LogP contribution in [0.25, 0.3) is 0 Å². The summed E-state index contributed by atoms with van der Waals surface area (Å²) in [6.45, 7) is 6.33. The quantitative estimate of drug-likeness (QED) is 0.0199. The highest BCUT2D eigenvalue weighted by atomic mass is 16.6. The zero-order valence-electron chi connectivity index (χ0n) is 42.7. The topological polar surface area (TPSA) is 78.9 Å². The third-order valence-electron chi connectivity index (χ3n) is 11.2. The van der Waals surface area contributed by atoms with E-state index in [2.05, 4.69) is 69.4 Å². The van der Waals surface area contributed by atoms with Gasteiger partial charge in [0.15, 0.2) is 6.10 Å². The van der Waals surface area contributed by atoms with Crippen LogP contribution in [-0.2, 0) is 28.6 Å². The second kappa shape index (κ2) is 53.7. The van der Waals surface area contributed by atoms with E-state index in [0.29, 0.717) is 19.3 Å². The number of ether oxygens (including phenoxy) is 3. The van der Waals surface area contributed by atoms with Gasteiger partial charge in [-0.2, -0.15) is 0 Å². The summed E-state index contributed by atoms with van der Waals surface area (Å²) in [5, 5.41) is 0. The maximum atomic E-state index is 12.8. The van der Waals surface area contributed by atoms with Gasteiger partial charge in [0.2, 0.25) is 0 Å². The third-order valence-corrected chi connectivity index (χ3v) is 11.2. The number of rotatable bonds is 47. The molecule has 0 saturated carbocycles. The highest BCUT2D eigenvalue weighted by molar-refractivity contribution is 5.71. The molecular formula is C60H98O6. The van der Waals surface area contributed by atoms with Gasteiger partial charge in [-0.05, 0) is 89.9 Å². The van der Waals surface area contributed by atoms with E-state index in [4.69, 9.17) is 14.2 Å². The Morgan fingerprint density at radius 2 is 0.667 bits per heavy atom. The molecule has 0 aromatic carbocycles. The number of allylic oxidation sites excluding steroid dienone is 18. The van der Waals surface area contributed by atoms with Crippen molar-refractivity contribution in [1.29, 1.82) is 0 Å². The molecule has 0 aromatic heterocycles. The lowest BCUT2D eigenvalue weighted by Gasteiger charge is -2.18. The fourth-order valence-electron chi connectivity index (χ4n) is 7.15. The minimum atomic E-state index is -0.804. The molecule has 0 aliphatic carbocycles. The van der Waals surface area contributed by atoms with Gasteiger partial charge in [0.25, 0.3) is 0 Å². The van der Waals surface area contributed by atoms with E-state index >= 15 is 0 Å². The van der Waals surface area contributed by atoms with E-state index in [9.17, 15) is 14.4 Å². The summed E-state index contributed by atoms with van der Waals surface area (Å²) in [6.07, 6.45) is 72.1. The Balaban J connectivity index is 4.50. The van der Waals surface area contributed by atoms with Gasteiger partial charge in [0.1, 0.15) is 13.2 Å². The molecule has 0 fully saturated rings. The van der Waals surface area contributed by atoms with Crippen molar-refractivity contribution in [3.05, 3.63) is 109 Å². The van der Waals surface area contributed by atoms with Crippen LogP contribution in [0.2, 0.25) is 0 Å². The summed E-state index contributed by atoms with van der Waals surface area (Å²) in [5.41, 5.74) is 0. The largest absolute Gasteiger partial charge is 0.462 e. The van der Waals surface area contributed by atoms with Gasteiger partial charge in [0.05, 0.1) is 0 Å². The van der Waals surface area contributed by atoms with E-state index in [1.165, 1.54) is 103 Å². The Morgan fingerprint density at radius 1 is 0.333 bits per heavy atom. The predicted molar refractivity (Wildman–Crippen MR) is 283 cm³/mol. The molecule has 0 heterocycles. The molecule has 6 nitrogen and oxygen atoms in total. The Labute approximate surface area is 406 Å². The number of carbonyl (C=O) groups excluding carboxylic acids is 3. The zero-order valence-corrected chi connectivity index (χ0v) is 42.7. The summed E-state index contributed by atoms with van der Waals surface area (Å²) in [7, 11) is 0. The number of hydrogen-bond donors (Lipinski definition) is 0. The molecule has 0 radical (unpaired) electrons. The fraction of sp³-hybridized carbons (Fsp3) is 0.650. The van der Waals surface area contributed by atoms with Crippen molar-refractivity contribution >= 4 is 17.9 Å². The highest BCUT2D eigenvalue weighted by Gasteiger charge is 2.19. The van der Waals surface area contributed by atoms with Gasteiger partial charge >= 0.3 is 17.9 Å². The second-order valence-corrected chi connectivity index (χ2v) is 17.5. The molecule has 1 atom stereocenters. The van der Waals surface area contributed by atoms with Crippen molar-refractivity contribution in [3.8, 4) is 0 Å². The normalized spacial score (nSPS) is 13.0. The predicted octanol–water partition coefficient (Wildman–Crippen LogP) is 17.9. The maximum absolute atomic E-state index is 12.8. The Kier molecular flexibility index (Phi) is 50.5. The monoisotopic (exact) mass is 915 g/mol. The standard InChI is InChI=1S/C60H98O6/c1-4-7-10-13-16-19-22-25-28-30-32-35-38-41-44-47-50-53-59(62)65-56-57(55-64-58(61)52-49-46-43-40-37-34-27-24-21-18-15-12-9-6-3)66-60(63)54-51-48-45-42-39-36-33-31-29-26-23-20-17-14-11-8-5-2/h7,9-10,12-13,16,18-19,21-22,25-26,28-30,32,35,38,57H,4-6,8,11,14-15,17,20,23-24,27,31,33-34,36-37,39-56H2,1-3H3/b10-7-,12-9-,16-13-,21-18-,22-19-,28-25-,29-26-,32-30+,38-35-. The molecule has 0 aliphatic rings. The van der Waals surface area contributed by atoms with Crippen LogP contribution in [0.15, 0.2) is 109 Å². The molecule has 0 aliphatic heterocycles. The Bertz CT molecular complexity index is 1370. The van der Waals surface area contributed by atoms with Crippen LogP contribution in [-0.4, -0.2) is 37.2 Å². The maximum Gasteiger partial charge on any atom is 0.306 e. The Hall–Kier alpha value is -3.93. The lowest BCUT2D eigenvalue weighted by Crippen LogP contribution is -2.30. The molecule has 6 heteroatoms. The van der Waals surface area contributed by atoms with Gasteiger partial charge < -0.3 is 14.2 Å². The van der Waals surface area contributed by atoms with Crippen LogP contribution >= 0.6 is 0 Å². The minimum Gasteiger partial charge on any atom is -0.462 e. The zero-order chi connectivity index (χ0) is 47.9. The fourth-order valence-corrected chi connectivity index (χ4v) is 7.15. The van der Waals surface area contributed by atoms with E-state index in [-0.39, 0.29) is 31.1 Å².